The number of benzene rings is 1. The summed E-state index contributed by atoms with van der Waals surface area (Å²) in [7, 11) is 0. The van der Waals surface area contributed by atoms with Gasteiger partial charge in [0, 0.05) is 0 Å². The second kappa shape index (κ2) is 3.92. The summed E-state index contributed by atoms with van der Waals surface area (Å²) in [5.41, 5.74) is 5.40. The van der Waals surface area contributed by atoms with E-state index in [4.69, 9.17) is 5.73 Å². The average molecular weight is 258 g/mol. The fraction of sp³-hybridized carbons (Fsp3) is 0. The van der Waals surface area contributed by atoms with Crippen molar-refractivity contribution in [3.63, 3.8) is 0 Å². The van der Waals surface area contributed by atoms with Gasteiger partial charge >= 0.3 is 83.5 Å². The molecule has 0 atom stereocenters. The quantitative estimate of drug-likeness (QED) is 0.503. The molecule has 76 valence electrons. The Morgan fingerprint density at radius 3 is 2.21 bits per heavy atom. The first-order valence-corrected chi connectivity index (χ1v) is 7.70. The molecule has 0 bridgehead atoms. The summed E-state index contributed by atoms with van der Waals surface area (Å²) in [6, 6.07) is 5.42. The Hall–Kier alpha value is -1.16. The second-order valence-electron chi connectivity index (χ2n) is 2.77. The number of hydrogen-bond acceptors (Lipinski definition) is 3. The molecule has 1 aromatic carbocycles. The van der Waals surface area contributed by atoms with Crippen LogP contribution in [0.2, 0.25) is 0 Å². The number of carbonyl (C=O) groups excluding carboxylic acids is 1. The molecule has 0 aliphatic rings. The third-order valence-electron chi connectivity index (χ3n) is 1.55. The number of anilines is 1. The van der Waals surface area contributed by atoms with E-state index < -0.39 is 19.8 Å². The fourth-order valence-corrected chi connectivity index (χ4v) is 2.24. The molecule has 14 heavy (non-hydrogen) atoms. The van der Waals surface area contributed by atoms with Gasteiger partial charge in [-0.25, -0.2) is 0 Å². The van der Waals surface area contributed by atoms with Gasteiger partial charge in [-0.05, 0) is 0 Å². The summed E-state index contributed by atoms with van der Waals surface area (Å²) in [4.78, 5) is 10.5. The summed E-state index contributed by atoms with van der Waals surface area (Å²) < 4.78 is 18.9. The predicted molar refractivity (Wildman–Crippen MR) is 56.6 cm³/mol. The normalized spacial score (nSPS) is 11.0. The molecule has 0 saturated carbocycles. The molecule has 1 aromatic rings. The van der Waals surface area contributed by atoms with Crippen LogP contribution in [-0.4, -0.2) is 33.3 Å². The van der Waals surface area contributed by atoms with E-state index in [2.05, 4.69) is 10.6 Å². The summed E-state index contributed by atoms with van der Waals surface area (Å²) >= 11 is -3.82. The number of nitrogens with two attached hydrogens (primary N) is 1. The minimum atomic E-state index is -3.82. The fourth-order valence-electron chi connectivity index (χ4n) is 0.926. The van der Waals surface area contributed by atoms with E-state index in [1.165, 1.54) is 24.3 Å². The van der Waals surface area contributed by atoms with E-state index in [9.17, 15) is 13.0 Å². The molecule has 6 heteroatoms. The van der Waals surface area contributed by atoms with E-state index in [0.29, 0.717) is 10.0 Å². The van der Waals surface area contributed by atoms with Crippen LogP contribution < -0.4 is 15.4 Å². The number of carbonyl (C=O) groups is 1. The topological polar surface area (TPSA) is 95.6 Å². The van der Waals surface area contributed by atoms with Crippen molar-refractivity contribution in [3.05, 3.63) is 24.3 Å². The Bertz CT molecular complexity index is 382. The van der Waals surface area contributed by atoms with Crippen LogP contribution in [0.4, 0.5) is 10.5 Å². The molecule has 0 unspecified atom stereocenters. The number of nitrogens with one attached hydrogen (secondary N) is 1. The molecule has 5 nitrogen and oxygen atoms in total. The molecular formula is C8H11AsN2O3. The zero-order valence-corrected chi connectivity index (χ0v) is 9.22. The van der Waals surface area contributed by atoms with Crippen LogP contribution in [0, 0.1) is 0 Å². The van der Waals surface area contributed by atoms with Crippen LogP contribution >= 0.6 is 0 Å². The van der Waals surface area contributed by atoms with Crippen molar-refractivity contribution < 1.29 is 13.0 Å². The van der Waals surface area contributed by atoms with E-state index in [-0.39, 0.29) is 0 Å². The molecule has 0 aromatic heterocycles. The van der Waals surface area contributed by atoms with Crippen LogP contribution in [0.25, 0.3) is 0 Å². The first kappa shape index (κ1) is 10.9. The van der Waals surface area contributed by atoms with Crippen molar-refractivity contribution in [2.45, 2.75) is 0 Å². The Morgan fingerprint density at radius 1 is 1.36 bits per heavy atom. The van der Waals surface area contributed by atoms with Crippen LogP contribution in [0.3, 0.4) is 0 Å². The van der Waals surface area contributed by atoms with Gasteiger partial charge in [0.1, 0.15) is 0 Å². The summed E-state index contributed by atoms with van der Waals surface area (Å²) in [5.74, 6) is 0. The average Bonchev–Trinajstić information content (AvgIpc) is 2.02. The van der Waals surface area contributed by atoms with Crippen LogP contribution in [0.1, 0.15) is 0 Å². The van der Waals surface area contributed by atoms with E-state index >= 15 is 0 Å². The Kier molecular flexibility index (Phi) is 3.06. The maximum atomic E-state index is 10.5. The van der Waals surface area contributed by atoms with Gasteiger partial charge in [-0.15, -0.1) is 0 Å². The van der Waals surface area contributed by atoms with Crippen molar-refractivity contribution in [1.82, 2.24) is 0 Å². The van der Waals surface area contributed by atoms with E-state index in [0.717, 1.165) is 0 Å². The van der Waals surface area contributed by atoms with Crippen molar-refractivity contribution in [2.24, 2.45) is 5.73 Å². The van der Waals surface area contributed by atoms with Gasteiger partial charge < -0.3 is 0 Å². The molecule has 0 spiro atoms. The molecule has 0 radical (unpaired) electrons. The van der Waals surface area contributed by atoms with Gasteiger partial charge in [-0.3, -0.25) is 0 Å². The van der Waals surface area contributed by atoms with Crippen molar-refractivity contribution >= 4 is 35.2 Å². The molecule has 0 aliphatic carbocycles. The third kappa shape index (κ3) is 2.96. The van der Waals surface area contributed by atoms with E-state index in [1.54, 1.807) is 0 Å². The number of primary amides is 1. The third-order valence-corrected chi connectivity index (χ3v) is 3.91. The number of amides is 2. The Morgan fingerprint density at radius 2 is 1.86 bits per heavy atom. The maximum absolute atomic E-state index is 10.5. The molecule has 0 saturated heterocycles. The zero-order valence-electron chi connectivity index (χ0n) is 7.34. The molecule has 2 amide bonds. The van der Waals surface area contributed by atoms with Gasteiger partial charge in [0.15, 0.2) is 0 Å². The SMILES string of the molecule is C=[As](O)(O)c1ccc(NC(N)=O)cc1. The summed E-state index contributed by atoms with van der Waals surface area (Å²) in [5, 5.41) is 5.66. The molecular weight excluding hydrogens is 247 g/mol. The molecule has 1 rings (SSSR count). The van der Waals surface area contributed by atoms with Gasteiger partial charge in [0.25, 0.3) is 0 Å². The molecule has 5 N–H and O–H groups in total. The van der Waals surface area contributed by atoms with Crippen molar-refractivity contribution in [3.8, 4) is 0 Å². The van der Waals surface area contributed by atoms with Crippen LogP contribution in [0.15, 0.2) is 24.3 Å². The van der Waals surface area contributed by atoms with Crippen LogP contribution in [0.5, 0.6) is 0 Å². The predicted octanol–water partition coefficient (Wildman–Crippen LogP) is -1.18. The van der Waals surface area contributed by atoms with Gasteiger partial charge in [-0.1, -0.05) is 0 Å². The molecule has 0 heterocycles. The Balaban J connectivity index is 2.89. The summed E-state index contributed by atoms with van der Waals surface area (Å²) in [6.45, 7) is 0. The van der Waals surface area contributed by atoms with Gasteiger partial charge in [-0.2, -0.15) is 0 Å². The number of rotatable bonds is 2. The van der Waals surface area contributed by atoms with Crippen LogP contribution in [-0.2, 0) is 0 Å². The Labute approximate surface area is 83.9 Å². The first-order chi connectivity index (χ1) is 6.39. The minimum absolute atomic E-state index is 0.401. The monoisotopic (exact) mass is 258 g/mol. The first-order valence-electron chi connectivity index (χ1n) is 3.75. The molecule has 0 fully saturated rings. The van der Waals surface area contributed by atoms with Crippen molar-refractivity contribution in [2.75, 3.05) is 5.32 Å². The zero-order chi connectivity index (χ0) is 10.8. The number of hydrogen-bond donors (Lipinski definition) is 4. The van der Waals surface area contributed by atoms with Crippen molar-refractivity contribution in [1.29, 1.82) is 0 Å². The van der Waals surface area contributed by atoms with Gasteiger partial charge in [0.05, 0.1) is 0 Å². The number of urea groups is 1. The van der Waals surface area contributed by atoms with E-state index in [1.807, 2.05) is 0 Å². The van der Waals surface area contributed by atoms with Gasteiger partial charge in [0.2, 0.25) is 0 Å². The second-order valence-corrected chi connectivity index (χ2v) is 6.91. The molecule has 0 aliphatic heterocycles. The standard InChI is InChI=1S/C8H11AsN2O3/c1-9(13,14)6-2-4-7(5-3-6)11-8(10)12/h2-5,13-14H,1H2,(H3,10,11,12). The summed E-state index contributed by atoms with van der Waals surface area (Å²) in [6.07, 6.45) is 0.